The van der Waals surface area contributed by atoms with E-state index in [1.165, 1.54) is 0 Å². The number of anilines is 1. The molecule has 0 saturated carbocycles. The van der Waals surface area contributed by atoms with E-state index in [9.17, 15) is 4.79 Å². The van der Waals surface area contributed by atoms with Crippen LogP contribution in [0.2, 0.25) is 0 Å². The van der Waals surface area contributed by atoms with Gasteiger partial charge in [-0.15, -0.1) is 0 Å². The van der Waals surface area contributed by atoms with E-state index in [2.05, 4.69) is 26.5 Å². The number of carbonyl (C=O) groups excluding carboxylic acids is 1. The first-order valence-electron chi connectivity index (χ1n) is 11.2. The summed E-state index contributed by atoms with van der Waals surface area (Å²) in [6.45, 7) is 0.593. The first-order chi connectivity index (χ1) is 17.0. The molecule has 0 fully saturated rings. The highest BCUT2D eigenvalue weighted by molar-refractivity contribution is 5.96. The lowest BCUT2D eigenvalue weighted by atomic mass is 10.0. The molecule has 0 saturated heterocycles. The van der Waals surface area contributed by atoms with Crippen molar-refractivity contribution in [3.8, 4) is 45.5 Å². The van der Waals surface area contributed by atoms with Gasteiger partial charge in [0.25, 0.3) is 5.91 Å². The Labute approximate surface area is 204 Å². The fourth-order valence-corrected chi connectivity index (χ4v) is 3.71. The van der Waals surface area contributed by atoms with Gasteiger partial charge in [0.05, 0.1) is 34.1 Å². The van der Waals surface area contributed by atoms with Crippen molar-refractivity contribution in [2.75, 3.05) is 40.3 Å². The molecule has 0 aliphatic heterocycles. The van der Waals surface area contributed by atoms with Crippen molar-refractivity contribution in [1.82, 2.24) is 15.4 Å². The number of aromatic nitrogens is 3. The van der Waals surface area contributed by atoms with E-state index >= 15 is 0 Å². The Morgan fingerprint density at radius 3 is 2.14 bits per heavy atom. The van der Waals surface area contributed by atoms with Crippen molar-refractivity contribution in [1.29, 1.82) is 0 Å². The number of methoxy groups -OCH3 is 4. The molecule has 3 rings (SSSR count). The Morgan fingerprint density at radius 2 is 1.57 bits per heavy atom. The summed E-state index contributed by atoms with van der Waals surface area (Å²) in [4.78, 5) is 12.7. The minimum Gasteiger partial charge on any atom is -0.495 e. The lowest BCUT2D eigenvalue weighted by Crippen LogP contribution is -2.66. The van der Waals surface area contributed by atoms with Crippen molar-refractivity contribution in [2.24, 2.45) is 5.73 Å². The fraction of sp³-hybridized carbons (Fsp3) is 0.375. The molecule has 7 N–H and O–H groups in total. The van der Waals surface area contributed by atoms with Crippen molar-refractivity contribution in [2.45, 2.75) is 25.3 Å². The monoisotopic (exact) mass is 485 g/mol. The molecule has 3 aromatic rings. The molecule has 0 spiro atoms. The maximum atomic E-state index is 12.7. The van der Waals surface area contributed by atoms with Crippen LogP contribution in [0.5, 0.6) is 23.0 Å². The number of carbonyl (C=O) groups is 1. The normalized spacial score (nSPS) is 11.6. The third kappa shape index (κ3) is 5.81. The summed E-state index contributed by atoms with van der Waals surface area (Å²) in [5, 5.41) is 14.3. The highest BCUT2D eigenvalue weighted by Crippen LogP contribution is 2.42. The average molecular weight is 486 g/mol. The molecule has 11 heteroatoms. The van der Waals surface area contributed by atoms with Gasteiger partial charge in [0.15, 0.2) is 17.5 Å². The third-order valence-corrected chi connectivity index (χ3v) is 5.59. The number of hydrogen-bond donors (Lipinski definition) is 4. The summed E-state index contributed by atoms with van der Waals surface area (Å²) >= 11 is 0. The van der Waals surface area contributed by atoms with E-state index in [1.807, 2.05) is 6.07 Å². The van der Waals surface area contributed by atoms with Crippen molar-refractivity contribution >= 4 is 11.6 Å². The number of ether oxygens (including phenoxy) is 4. The second-order valence-corrected chi connectivity index (χ2v) is 7.82. The Bertz CT molecular complexity index is 1120. The quantitative estimate of drug-likeness (QED) is 0.283. The van der Waals surface area contributed by atoms with Gasteiger partial charge in [-0.1, -0.05) is 0 Å². The van der Waals surface area contributed by atoms with Crippen LogP contribution in [0.25, 0.3) is 22.5 Å². The molecular weight excluding hydrogens is 452 g/mol. The number of quaternary nitrogens is 1. The molecule has 188 valence electrons. The number of hydrogen-bond acceptors (Lipinski definition) is 8. The summed E-state index contributed by atoms with van der Waals surface area (Å²) in [5.74, 6) is 1.80. The van der Waals surface area contributed by atoms with E-state index in [1.54, 1.807) is 52.7 Å². The van der Waals surface area contributed by atoms with Crippen LogP contribution in [-0.2, 0) is 4.79 Å². The number of nitrogens with zero attached hydrogens (tertiary/aromatic N) is 2. The van der Waals surface area contributed by atoms with Crippen LogP contribution in [0.4, 0.5) is 5.69 Å². The second kappa shape index (κ2) is 12.0. The van der Waals surface area contributed by atoms with Gasteiger partial charge in [0, 0.05) is 17.5 Å². The van der Waals surface area contributed by atoms with Crippen molar-refractivity contribution < 1.29 is 29.5 Å². The summed E-state index contributed by atoms with van der Waals surface area (Å²) in [6.07, 6.45) is 2.35. The van der Waals surface area contributed by atoms with Gasteiger partial charge in [0.1, 0.15) is 17.1 Å². The van der Waals surface area contributed by atoms with Gasteiger partial charge in [0.2, 0.25) is 5.75 Å². The minimum absolute atomic E-state index is 0.192. The third-order valence-electron chi connectivity index (χ3n) is 5.59. The molecule has 1 unspecified atom stereocenters. The molecule has 0 aliphatic rings. The standard InChI is InChI=1S/C24H32N6O5/c1-32-18-9-8-14(11-17(18)27-24(31)16(26)7-5-6-10-25)21-22(29-30-28-21)15-12-19(33-2)23(35-4)20(13-15)34-3/h8-9,11-13,16H,5-7,10,25-26H2,1-4H3,(H,27,31)(H,28,29,30)/p+1. The highest BCUT2D eigenvalue weighted by Gasteiger charge is 2.22. The maximum absolute atomic E-state index is 12.7. The van der Waals surface area contributed by atoms with Crippen LogP contribution in [-0.4, -0.2) is 62.3 Å². The molecule has 0 bridgehead atoms. The van der Waals surface area contributed by atoms with Crippen LogP contribution in [0.15, 0.2) is 30.3 Å². The molecule has 0 aliphatic carbocycles. The van der Waals surface area contributed by atoms with Crippen LogP contribution in [0.1, 0.15) is 19.3 Å². The summed E-state index contributed by atoms with van der Waals surface area (Å²) < 4.78 is 21.8. The zero-order valence-corrected chi connectivity index (χ0v) is 20.5. The van der Waals surface area contributed by atoms with Crippen LogP contribution in [0, 0.1) is 0 Å². The van der Waals surface area contributed by atoms with Gasteiger partial charge in [-0.3, -0.25) is 4.79 Å². The Balaban J connectivity index is 1.96. The molecule has 2 aromatic carbocycles. The van der Waals surface area contributed by atoms with Crippen LogP contribution < -0.4 is 35.7 Å². The topological polar surface area (TPSA) is 161 Å². The predicted molar refractivity (Wildman–Crippen MR) is 132 cm³/mol. The zero-order chi connectivity index (χ0) is 25.4. The van der Waals surface area contributed by atoms with Gasteiger partial charge >= 0.3 is 0 Å². The molecule has 0 radical (unpaired) electrons. The predicted octanol–water partition coefficient (Wildman–Crippen LogP) is 1.85. The molecule has 1 atom stereocenters. The Kier molecular flexibility index (Phi) is 8.87. The Morgan fingerprint density at radius 1 is 0.943 bits per heavy atom. The van der Waals surface area contributed by atoms with Gasteiger partial charge < -0.3 is 35.7 Å². The van der Waals surface area contributed by atoms with E-state index < -0.39 is 6.04 Å². The van der Waals surface area contributed by atoms with E-state index in [4.69, 9.17) is 24.7 Å². The van der Waals surface area contributed by atoms with Gasteiger partial charge in [-0.05, 0) is 49.7 Å². The summed E-state index contributed by atoms with van der Waals surface area (Å²) in [6, 6.07) is 8.59. The van der Waals surface area contributed by atoms with E-state index in [0.717, 1.165) is 18.4 Å². The maximum Gasteiger partial charge on any atom is 0.282 e. The molecular formula is C24H33N6O5+. The van der Waals surface area contributed by atoms with Crippen LogP contribution in [0.3, 0.4) is 0 Å². The first-order valence-corrected chi connectivity index (χ1v) is 11.2. The summed E-state index contributed by atoms with van der Waals surface area (Å²) in [5.41, 5.74) is 12.6. The molecule has 11 nitrogen and oxygen atoms in total. The molecule has 35 heavy (non-hydrogen) atoms. The lowest BCUT2D eigenvalue weighted by Gasteiger charge is -2.15. The number of benzene rings is 2. The Hall–Kier alpha value is -3.83. The number of nitrogens with one attached hydrogen (secondary N) is 2. The largest absolute Gasteiger partial charge is 0.495 e. The number of amides is 1. The second-order valence-electron chi connectivity index (χ2n) is 7.82. The SMILES string of the molecule is COc1ccc(-c2n[nH]nc2-c2cc(OC)c(OC)c(OC)c2)cc1NC(=O)C([NH3+])CCCCN. The number of nitrogens with two attached hydrogens (primary N) is 1. The zero-order valence-electron chi connectivity index (χ0n) is 20.5. The van der Waals surface area contributed by atoms with Crippen molar-refractivity contribution in [3.63, 3.8) is 0 Å². The lowest BCUT2D eigenvalue weighted by molar-refractivity contribution is -0.404. The number of H-pyrrole nitrogens is 1. The summed E-state index contributed by atoms with van der Waals surface area (Å²) in [7, 11) is 6.19. The van der Waals surface area contributed by atoms with Gasteiger partial charge in [-0.2, -0.15) is 15.4 Å². The number of aromatic amines is 1. The van der Waals surface area contributed by atoms with E-state index in [0.29, 0.717) is 58.6 Å². The highest BCUT2D eigenvalue weighted by atomic mass is 16.5. The molecule has 1 heterocycles. The number of rotatable bonds is 12. The fourth-order valence-electron chi connectivity index (χ4n) is 3.71. The van der Waals surface area contributed by atoms with Crippen LogP contribution >= 0.6 is 0 Å². The first kappa shape index (κ1) is 25.8. The van der Waals surface area contributed by atoms with Crippen molar-refractivity contribution in [3.05, 3.63) is 30.3 Å². The minimum atomic E-state index is -0.406. The average Bonchev–Trinajstić information content (AvgIpc) is 3.37. The number of unbranched alkanes of at least 4 members (excludes halogenated alkanes) is 1. The van der Waals surface area contributed by atoms with E-state index in [-0.39, 0.29) is 5.91 Å². The van der Waals surface area contributed by atoms with Gasteiger partial charge in [-0.25, -0.2) is 0 Å². The molecule has 1 amide bonds. The smallest absolute Gasteiger partial charge is 0.282 e. The molecule has 1 aromatic heterocycles.